The summed E-state index contributed by atoms with van der Waals surface area (Å²) in [6.07, 6.45) is 1.82. The minimum absolute atomic E-state index is 0.920. The van der Waals surface area contributed by atoms with E-state index >= 15 is 0 Å². The van der Waals surface area contributed by atoms with Crippen molar-refractivity contribution >= 4 is 11.8 Å². The molecule has 0 rings (SSSR count). The maximum absolute atomic E-state index is 3.51. The first-order chi connectivity index (χ1) is 2.91. The van der Waals surface area contributed by atoms with E-state index in [4.69, 9.17) is 0 Å². The van der Waals surface area contributed by atoms with Gasteiger partial charge in [0.1, 0.15) is 0 Å². The maximum atomic E-state index is 3.51. The smallest absolute Gasteiger partial charge is 0.0158 e. The van der Waals surface area contributed by atoms with E-state index in [1.54, 1.807) is 0 Å². The van der Waals surface area contributed by atoms with E-state index < -0.39 is 0 Å². The molecule has 6 heavy (non-hydrogen) atoms. The van der Waals surface area contributed by atoms with Crippen LogP contribution in [-0.2, 0) is 0 Å². The average Bonchev–Trinajstić information content (AvgIpc) is 1.61. The van der Waals surface area contributed by atoms with E-state index in [0.717, 1.165) is 5.75 Å². The third kappa shape index (κ3) is 3.83. The first-order valence-electron chi connectivity index (χ1n) is 1.66. The van der Waals surface area contributed by atoms with E-state index in [2.05, 4.69) is 18.6 Å². The van der Waals surface area contributed by atoms with Gasteiger partial charge in [-0.05, 0) is 0 Å². The highest BCUT2D eigenvalue weighted by Crippen LogP contribution is 1.95. The van der Waals surface area contributed by atoms with Gasteiger partial charge in [0.05, 0.1) is 0 Å². The highest BCUT2D eigenvalue weighted by Gasteiger charge is 1.66. The molecule has 0 aromatic rings. The minimum atomic E-state index is 0.920. The molecule has 0 heterocycles. The zero-order valence-corrected chi connectivity index (χ0v) is 4.42. The molecular formula is C5H7S. The second kappa shape index (κ2) is 4.83. The molecule has 0 atom stereocenters. The second-order valence-corrected chi connectivity index (χ2v) is 1.65. The molecule has 0 aromatic carbocycles. The van der Waals surface area contributed by atoms with Crippen LogP contribution in [0.15, 0.2) is 19.2 Å². The summed E-state index contributed by atoms with van der Waals surface area (Å²) in [6.45, 7) is 6.90. The van der Waals surface area contributed by atoms with Crippen LogP contribution in [0.25, 0.3) is 0 Å². The zero-order chi connectivity index (χ0) is 4.83. The quantitative estimate of drug-likeness (QED) is 0.384. The SMILES string of the molecule is C=[C]SCC=C. The second-order valence-electron chi connectivity index (χ2n) is 0.744. The number of rotatable bonds is 3. The third-order valence-electron chi connectivity index (χ3n) is 0.303. The van der Waals surface area contributed by atoms with Crippen molar-refractivity contribution in [3.05, 3.63) is 24.6 Å². The Bertz CT molecular complexity index is 39.9. The van der Waals surface area contributed by atoms with Gasteiger partial charge in [0.2, 0.25) is 0 Å². The van der Waals surface area contributed by atoms with E-state index in [9.17, 15) is 0 Å². The molecule has 0 aliphatic heterocycles. The zero-order valence-electron chi connectivity index (χ0n) is 3.61. The number of thioether (sulfide) groups is 1. The van der Waals surface area contributed by atoms with Crippen LogP contribution in [0.5, 0.6) is 0 Å². The molecule has 0 nitrogen and oxygen atoms in total. The van der Waals surface area contributed by atoms with Gasteiger partial charge in [0.25, 0.3) is 0 Å². The Kier molecular flexibility index (Phi) is 4.69. The Morgan fingerprint density at radius 1 is 1.83 bits per heavy atom. The molecule has 0 bridgehead atoms. The summed E-state index contributed by atoms with van der Waals surface area (Å²) in [4.78, 5) is 0. The molecule has 0 N–H and O–H groups in total. The largest absolute Gasteiger partial charge is 0.121 e. The van der Waals surface area contributed by atoms with Crippen molar-refractivity contribution in [2.75, 3.05) is 5.75 Å². The van der Waals surface area contributed by atoms with Crippen LogP contribution >= 0.6 is 11.8 Å². The Labute approximate surface area is 42.9 Å². The summed E-state index contributed by atoms with van der Waals surface area (Å²) >= 11 is 1.53. The van der Waals surface area contributed by atoms with E-state index in [-0.39, 0.29) is 0 Å². The molecule has 33 valence electrons. The molecule has 0 spiro atoms. The van der Waals surface area contributed by atoms with Gasteiger partial charge in [-0.25, -0.2) is 0 Å². The molecule has 0 saturated carbocycles. The average molecular weight is 99.2 g/mol. The Morgan fingerprint density at radius 2 is 2.50 bits per heavy atom. The lowest BCUT2D eigenvalue weighted by Gasteiger charge is -1.76. The first-order valence-corrected chi connectivity index (χ1v) is 2.65. The summed E-state index contributed by atoms with van der Waals surface area (Å²) in [5.74, 6) is 0.920. The van der Waals surface area contributed by atoms with Gasteiger partial charge in [-0.3, -0.25) is 0 Å². The molecular weight excluding hydrogens is 92.1 g/mol. The lowest BCUT2D eigenvalue weighted by Crippen LogP contribution is -1.57. The number of hydrogen-bond acceptors (Lipinski definition) is 1. The van der Waals surface area contributed by atoms with Crippen molar-refractivity contribution in [2.45, 2.75) is 0 Å². The van der Waals surface area contributed by atoms with E-state index in [1.807, 2.05) is 6.08 Å². The molecule has 0 fully saturated rings. The van der Waals surface area contributed by atoms with Crippen LogP contribution in [0, 0.1) is 5.41 Å². The standard InChI is InChI=1S/C5H7S/c1-3-5-6-4-2/h3H,1-2,5H2. The molecule has 0 aromatic heterocycles. The maximum Gasteiger partial charge on any atom is 0.0158 e. The van der Waals surface area contributed by atoms with Crippen molar-refractivity contribution in [1.82, 2.24) is 0 Å². The summed E-state index contributed by atoms with van der Waals surface area (Å²) in [7, 11) is 0. The molecule has 1 radical (unpaired) electrons. The van der Waals surface area contributed by atoms with Crippen LogP contribution in [0.2, 0.25) is 0 Å². The highest BCUT2D eigenvalue weighted by molar-refractivity contribution is 8.01. The fourth-order valence-electron chi connectivity index (χ4n) is 0.118. The molecule has 0 unspecified atom stereocenters. The topological polar surface area (TPSA) is 0 Å². The fourth-order valence-corrected chi connectivity index (χ4v) is 0.354. The minimum Gasteiger partial charge on any atom is -0.121 e. The van der Waals surface area contributed by atoms with Crippen molar-refractivity contribution in [3.8, 4) is 0 Å². The monoisotopic (exact) mass is 99.0 g/mol. The van der Waals surface area contributed by atoms with Gasteiger partial charge in [0, 0.05) is 11.2 Å². The van der Waals surface area contributed by atoms with Crippen LogP contribution in [0.1, 0.15) is 0 Å². The molecule has 0 saturated heterocycles. The van der Waals surface area contributed by atoms with E-state index in [1.165, 1.54) is 11.8 Å². The lowest BCUT2D eigenvalue weighted by molar-refractivity contribution is 1.83. The lowest BCUT2D eigenvalue weighted by atomic mass is 10.8. The Morgan fingerprint density at radius 3 is 2.67 bits per heavy atom. The van der Waals surface area contributed by atoms with Gasteiger partial charge >= 0.3 is 0 Å². The third-order valence-corrected chi connectivity index (χ3v) is 0.910. The van der Waals surface area contributed by atoms with Crippen molar-refractivity contribution in [1.29, 1.82) is 0 Å². The van der Waals surface area contributed by atoms with E-state index in [0.29, 0.717) is 0 Å². The van der Waals surface area contributed by atoms with Crippen LogP contribution in [0.3, 0.4) is 0 Å². The first kappa shape index (κ1) is 5.83. The molecule has 0 aliphatic carbocycles. The number of hydrogen-bond donors (Lipinski definition) is 0. The predicted octanol–water partition coefficient (Wildman–Crippen LogP) is 1.85. The van der Waals surface area contributed by atoms with Gasteiger partial charge in [-0.2, -0.15) is 0 Å². The normalized spacial score (nSPS) is 7.33. The van der Waals surface area contributed by atoms with Gasteiger partial charge in [0.15, 0.2) is 0 Å². The summed E-state index contributed by atoms with van der Waals surface area (Å²) in [5.41, 5.74) is 0. The fraction of sp³-hybridized carbons (Fsp3) is 0.200. The summed E-state index contributed by atoms with van der Waals surface area (Å²) < 4.78 is 0. The van der Waals surface area contributed by atoms with Crippen LogP contribution in [0.4, 0.5) is 0 Å². The van der Waals surface area contributed by atoms with Gasteiger partial charge in [-0.15, -0.1) is 18.3 Å². The van der Waals surface area contributed by atoms with Crippen LogP contribution in [-0.4, -0.2) is 5.75 Å². The Hall–Kier alpha value is -0.170. The van der Waals surface area contributed by atoms with Crippen molar-refractivity contribution in [3.63, 3.8) is 0 Å². The molecule has 0 aliphatic rings. The highest BCUT2D eigenvalue weighted by atomic mass is 32.2. The van der Waals surface area contributed by atoms with Crippen molar-refractivity contribution < 1.29 is 0 Å². The predicted molar refractivity (Wildman–Crippen MR) is 31.5 cm³/mol. The molecule has 1 heteroatoms. The van der Waals surface area contributed by atoms with Gasteiger partial charge < -0.3 is 0 Å². The van der Waals surface area contributed by atoms with Crippen molar-refractivity contribution in [2.24, 2.45) is 0 Å². The van der Waals surface area contributed by atoms with Crippen LogP contribution < -0.4 is 0 Å². The van der Waals surface area contributed by atoms with Gasteiger partial charge in [-0.1, -0.05) is 12.7 Å². The summed E-state index contributed by atoms with van der Waals surface area (Å²) in [5, 5.41) is 2.66. The summed E-state index contributed by atoms with van der Waals surface area (Å²) in [6, 6.07) is 0. The Balaban J connectivity index is 2.66. The molecule has 0 amide bonds.